The molecule has 2 heterocycles. The van der Waals surface area contributed by atoms with E-state index >= 15 is 0 Å². The lowest BCUT2D eigenvalue weighted by atomic mass is 10.1. The van der Waals surface area contributed by atoms with Crippen molar-refractivity contribution in [2.24, 2.45) is 7.05 Å². The smallest absolute Gasteiger partial charge is 0.0767 e. The summed E-state index contributed by atoms with van der Waals surface area (Å²) in [6.07, 6.45) is 4.63. The number of hydrogen-bond donors (Lipinski definition) is 1. The van der Waals surface area contributed by atoms with Gasteiger partial charge in [-0.05, 0) is 40.9 Å². The van der Waals surface area contributed by atoms with Crippen molar-refractivity contribution >= 4 is 15.9 Å². The number of halogens is 1. The summed E-state index contributed by atoms with van der Waals surface area (Å²) in [5, 5.41) is 8.00. The molecule has 0 saturated carbocycles. The van der Waals surface area contributed by atoms with Crippen LogP contribution in [0.1, 0.15) is 36.8 Å². The fraction of sp³-hybridized carbons (Fsp3) is 0.429. The zero-order valence-corrected chi connectivity index (χ0v) is 13.1. The molecule has 0 aliphatic rings. The Kier molecular flexibility index (Phi) is 4.71. The van der Waals surface area contributed by atoms with Crippen molar-refractivity contribution in [3.8, 4) is 0 Å². The van der Waals surface area contributed by atoms with Gasteiger partial charge in [-0.3, -0.25) is 9.67 Å². The van der Waals surface area contributed by atoms with Crippen LogP contribution >= 0.6 is 15.9 Å². The van der Waals surface area contributed by atoms with E-state index < -0.39 is 0 Å². The Morgan fingerprint density at radius 3 is 2.84 bits per heavy atom. The van der Waals surface area contributed by atoms with Crippen LogP contribution in [0.5, 0.6) is 0 Å². The Morgan fingerprint density at radius 2 is 2.26 bits per heavy atom. The van der Waals surface area contributed by atoms with Crippen LogP contribution in [-0.4, -0.2) is 14.8 Å². The Balaban J connectivity index is 2.05. The predicted molar refractivity (Wildman–Crippen MR) is 79.8 cm³/mol. The number of pyridine rings is 1. The van der Waals surface area contributed by atoms with Crippen LogP contribution in [0.4, 0.5) is 0 Å². The number of nitrogens with one attached hydrogen (secondary N) is 1. The molecule has 2 rings (SSSR count). The van der Waals surface area contributed by atoms with Gasteiger partial charge in [0.05, 0.1) is 15.9 Å². The summed E-state index contributed by atoms with van der Waals surface area (Å²) < 4.78 is 3.05. The quantitative estimate of drug-likeness (QED) is 0.920. The molecule has 0 amide bonds. The number of nitrogens with zero attached hydrogens (tertiary/aromatic N) is 3. The van der Waals surface area contributed by atoms with E-state index in [-0.39, 0.29) is 6.04 Å². The van der Waals surface area contributed by atoms with E-state index in [9.17, 15) is 0 Å². The summed E-state index contributed by atoms with van der Waals surface area (Å²) >= 11 is 3.63. The summed E-state index contributed by atoms with van der Waals surface area (Å²) in [7, 11) is 1.98. The molecule has 1 unspecified atom stereocenters. The molecule has 2 aromatic rings. The van der Waals surface area contributed by atoms with Crippen LogP contribution in [-0.2, 0) is 20.0 Å². The van der Waals surface area contributed by atoms with Crippen LogP contribution in [0.15, 0.2) is 29.0 Å². The van der Waals surface area contributed by atoms with Gasteiger partial charge >= 0.3 is 0 Å². The van der Waals surface area contributed by atoms with E-state index in [0.29, 0.717) is 0 Å². The molecule has 1 N–H and O–H groups in total. The first-order chi connectivity index (χ1) is 9.13. The summed E-state index contributed by atoms with van der Waals surface area (Å²) in [5.41, 5.74) is 3.47. The molecule has 4 nitrogen and oxygen atoms in total. The Hall–Kier alpha value is -1.20. The molecular formula is C14H19BrN4. The second-order valence-corrected chi connectivity index (χ2v) is 5.37. The molecule has 102 valence electrons. The standard InChI is InChI=1S/C14H19BrN4/c1-4-12-14(15)13(19(3)18-12)9-17-10(2)11-6-5-7-16-8-11/h5-8,10,17H,4,9H2,1-3H3. The van der Waals surface area contributed by atoms with Gasteiger partial charge in [-0.25, -0.2) is 0 Å². The number of aryl methyl sites for hydroxylation is 2. The summed E-state index contributed by atoms with van der Waals surface area (Å²) in [6, 6.07) is 4.31. The maximum atomic E-state index is 4.50. The first kappa shape index (κ1) is 14.2. The van der Waals surface area contributed by atoms with Crippen LogP contribution < -0.4 is 5.32 Å². The molecule has 0 aromatic carbocycles. The number of rotatable bonds is 5. The Morgan fingerprint density at radius 1 is 1.47 bits per heavy atom. The molecule has 5 heteroatoms. The molecular weight excluding hydrogens is 304 g/mol. The van der Waals surface area contributed by atoms with Crippen LogP contribution in [0, 0.1) is 0 Å². The maximum Gasteiger partial charge on any atom is 0.0767 e. The van der Waals surface area contributed by atoms with E-state index in [1.165, 1.54) is 11.3 Å². The first-order valence-corrected chi connectivity index (χ1v) is 7.26. The largest absolute Gasteiger partial charge is 0.304 e. The van der Waals surface area contributed by atoms with E-state index in [2.05, 4.69) is 51.2 Å². The molecule has 0 aliphatic heterocycles. The SMILES string of the molecule is CCc1nn(C)c(CNC(C)c2cccnc2)c1Br. The molecule has 0 fully saturated rings. The molecule has 0 aliphatic carbocycles. The lowest BCUT2D eigenvalue weighted by Crippen LogP contribution is -2.20. The van der Waals surface area contributed by atoms with Crippen molar-refractivity contribution in [2.45, 2.75) is 32.9 Å². The van der Waals surface area contributed by atoms with Crippen molar-refractivity contribution in [3.63, 3.8) is 0 Å². The monoisotopic (exact) mass is 322 g/mol. The molecule has 0 spiro atoms. The Bertz CT molecular complexity index is 536. The third-order valence-electron chi connectivity index (χ3n) is 3.26. The highest BCUT2D eigenvalue weighted by Gasteiger charge is 2.13. The van der Waals surface area contributed by atoms with Crippen molar-refractivity contribution in [1.29, 1.82) is 0 Å². The van der Waals surface area contributed by atoms with E-state index in [0.717, 1.165) is 23.1 Å². The minimum atomic E-state index is 0.264. The van der Waals surface area contributed by atoms with Crippen LogP contribution in [0.3, 0.4) is 0 Å². The molecule has 1 atom stereocenters. The van der Waals surface area contributed by atoms with Crippen LogP contribution in [0.2, 0.25) is 0 Å². The van der Waals surface area contributed by atoms with Crippen LogP contribution in [0.25, 0.3) is 0 Å². The normalized spacial score (nSPS) is 12.6. The fourth-order valence-electron chi connectivity index (χ4n) is 2.01. The van der Waals surface area contributed by atoms with E-state index in [4.69, 9.17) is 0 Å². The topological polar surface area (TPSA) is 42.7 Å². The van der Waals surface area contributed by atoms with Gasteiger partial charge in [0.25, 0.3) is 0 Å². The molecule has 0 radical (unpaired) electrons. The second kappa shape index (κ2) is 6.30. The third-order valence-corrected chi connectivity index (χ3v) is 4.18. The summed E-state index contributed by atoms with van der Waals surface area (Å²) in [5.74, 6) is 0. The minimum absolute atomic E-state index is 0.264. The lowest BCUT2D eigenvalue weighted by Gasteiger charge is -2.14. The van der Waals surface area contributed by atoms with E-state index in [1.807, 2.05) is 24.0 Å². The van der Waals surface area contributed by atoms with Gasteiger partial charge in [-0.15, -0.1) is 0 Å². The fourth-order valence-corrected chi connectivity index (χ4v) is 2.77. The molecule has 0 saturated heterocycles. The van der Waals surface area contributed by atoms with Gasteiger partial charge in [-0.1, -0.05) is 13.0 Å². The average molecular weight is 323 g/mol. The predicted octanol–water partition coefficient (Wildman–Crippen LogP) is 2.99. The highest BCUT2D eigenvalue weighted by atomic mass is 79.9. The van der Waals surface area contributed by atoms with Gasteiger partial charge in [0.1, 0.15) is 0 Å². The zero-order chi connectivity index (χ0) is 13.8. The summed E-state index contributed by atoms with van der Waals surface area (Å²) in [6.45, 7) is 5.03. The second-order valence-electron chi connectivity index (χ2n) is 4.57. The number of aromatic nitrogens is 3. The van der Waals surface area contributed by atoms with Crippen molar-refractivity contribution in [3.05, 3.63) is 46.0 Å². The van der Waals surface area contributed by atoms with Gasteiger partial charge in [0, 0.05) is 32.0 Å². The van der Waals surface area contributed by atoms with E-state index in [1.54, 1.807) is 6.20 Å². The van der Waals surface area contributed by atoms with Gasteiger partial charge in [0.2, 0.25) is 0 Å². The summed E-state index contributed by atoms with van der Waals surface area (Å²) in [4.78, 5) is 4.15. The lowest BCUT2D eigenvalue weighted by molar-refractivity contribution is 0.545. The minimum Gasteiger partial charge on any atom is -0.304 e. The van der Waals surface area contributed by atoms with Crippen molar-refractivity contribution in [2.75, 3.05) is 0 Å². The average Bonchev–Trinajstić information content (AvgIpc) is 2.72. The van der Waals surface area contributed by atoms with Crippen molar-refractivity contribution in [1.82, 2.24) is 20.1 Å². The third kappa shape index (κ3) is 3.22. The highest BCUT2D eigenvalue weighted by molar-refractivity contribution is 9.10. The zero-order valence-electron chi connectivity index (χ0n) is 11.5. The molecule has 19 heavy (non-hydrogen) atoms. The van der Waals surface area contributed by atoms with Crippen molar-refractivity contribution < 1.29 is 0 Å². The highest BCUT2D eigenvalue weighted by Crippen LogP contribution is 2.22. The van der Waals surface area contributed by atoms with Gasteiger partial charge < -0.3 is 5.32 Å². The molecule has 2 aromatic heterocycles. The maximum absolute atomic E-state index is 4.50. The van der Waals surface area contributed by atoms with Gasteiger partial charge in [-0.2, -0.15) is 5.10 Å². The van der Waals surface area contributed by atoms with Gasteiger partial charge in [0.15, 0.2) is 0 Å². The first-order valence-electron chi connectivity index (χ1n) is 6.47. The molecule has 0 bridgehead atoms. The number of hydrogen-bond acceptors (Lipinski definition) is 3. The Labute approximate surface area is 122 Å².